The molecule has 2 atom stereocenters. The van der Waals surface area contributed by atoms with E-state index in [4.69, 9.17) is 0 Å². The molecule has 0 bridgehead atoms. The second-order valence-corrected chi connectivity index (χ2v) is 5.70. The van der Waals surface area contributed by atoms with Gasteiger partial charge in [0.15, 0.2) is 5.82 Å². The minimum absolute atomic E-state index is 0.0460. The van der Waals surface area contributed by atoms with Crippen LogP contribution in [0.5, 0.6) is 0 Å². The van der Waals surface area contributed by atoms with Crippen LogP contribution in [0.15, 0.2) is 30.3 Å². The smallest absolute Gasteiger partial charge is 0.407 e. The average Bonchev–Trinajstić information content (AvgIpc) is 2.94. The maximum absolute atomic E-state index is 11.5. The molecule has 22 heavy (non-hydrogen) atoms. The number of amides is 1. The van der Waals surface area contributed by atoms with Gasteiger partial charge in [0.1, 0.15) is 0 Å². The molecule has 1 saturated heterocycles. The molecule has 1 aliphatic rings. The van der Waals surface area contributed by atoms with Crippen molar-refractivity contribution in [3.63, 3.8) is 0 Å². The summed E-state index contributed by atoms with van der Waals surface area (Å²) >= 11 is 0. The van der Waals surface area contributed by atoms with Gasteiger partial charge in [0.2, 0.25) is 0 Å². The molecule has 3 rings (SSSR count). The third-order valence-corrected chi connectivity index (χ3v) is 4.29. The summed E-state index contributed by atoms with van der Waals surface area (Å²) in [6, 6.07) is 9.95. The summed E-state index contributed by atoms with van der Waals surface area (Å²) < 4.78 is 1.68. The molecule has 1 aromatic heterocycles. The van der Waals surface area contributed by atoms with Crippen LogP contribution in [0.4, 0.5) is 4.79 Å². The van der Waals surface area contributed by atoms with Crippen molar-refractivity contribution >= 4 is 6.09 Å². The van der Waals surface area contributed by atoms with E-state index in [0.29, 0.717) is 6.54 Å². The molecule has 116 valence electrons. The summed E-state index contributed by atoms with van der Waals surface area (Å²) in [6.07, 6.45) is 1.37. The second-order valence-electron chi connectivity index (χ2n) is 5.70. The minimum atomic E-state index is -0.851. The number of hydrogen-bond acceptors (Lipinski definition) is 4. The quantitative estimate of drug-likeness (QED) is 0.932. The monoisotopic (exact) mass is 301 g/mol. The van der Waals surface area contributed by atoms with Crippen molar-refractivity contribution < 1.29 is 9.90 Å². The summed E-state index contributed by atoms with van der Waals surface area (Å²) in [5.74, 6) is 1.03. The number of carboxylic acid groups (broad SMARTS) is 1. The highest BCUT2D eigenvalue weighted by molar-refractivity contribution is 5.65. The first-order valence-electron chi connectivity index (χ1n) is 7.41. The van der Waals surface area contributed by atoms with Gasteiger partial charge in [0.25, 0.3) is 0 Å². The highest BCUT2D eigenvalue weighted by Gasteiger charge is 2.34. The first-order chi connectivity index (χ1) is 10.6. The minimum Gasteiger partial charge on any atom is -0.465 e. The Morgan fingerprint density at radius 1 is 1.36 bits per heavy atom. The maximum atomic E-state index is 11.5. The molecule has 1 amide bonds. The van der Waals surface area contributed by atoms with Crippen LogP contribution in [-0.2, 0) is 13.5 Å². The largest absolute Gasteiger partial charge is 0.465 e. The molecule has 0 radical (unpaired) electrons. The van der Waals surface area contributed by atoms with Crippen molar-refractivity contribution in [3.8, 4) is 0 Å². The van der Waals surface area contributed by atoms with Crippen molar-refractivity contribution in [2.75, 3.05) is 6.54 Å². The molecule has 1 aliphatic heterocycles. The van der Waals surface area contributed by atoms with Gasteiger partial charge in [0, 0.05) is 25.6 Å². The van der Waals surface area contributed by atoms with E-state index in [1.807, 2.05) is 37.4 Å². The van der Waals surface area contributed by atoms with E-state index in [1.165, 1.54) is 0 Å². The highest BCUT2D eigenvalue weighted by atomic mass is 16.4. The van der Waals surface area contributed by atoms with Gasteiger partial charge in [0.05, 0.1) is 0 Å². The summed E-state index contributed by atoms with van der Waals surface area (Å²) in [5, 5.41) is 21.1. The fourth-order valence-corrected chi connectivity index (χ4v) is 3.20. The Balaban J connectivity index is 1.79. The predicted octanol–water partition coefficient (Wildman–Crippen LogP) is 1.68. The van der Waals surface area contributed by atoms with Gasteiger partial charge < -0.3 is 10.0 Å². The van der Waals surface area contributed by atoms with E-state index >= 15 is 0 Å². The van der Waals surface area contributed by atoms with Crippen molar-refractivity contribution in [2.45, 2.75) is 31.2 Å². The molecule has 1 N–H and O–H groups in total. The lowest BCUT2D eigenvalue weighted by atomic mass is 9.87. The fraction of sp³-hybridized carbons (Fsp3) is 0.467. The third-order valence-electron chi connectivity index (χ3n) is 4.29. The number of nitrogens with zero attached hydrogens (tertiary/aromatic N) is 5. The Kier molecular flexibility index (Phi) is 4.04. The molecule has 2 aromatic rings. The fourth-order valence-electron chi connectivity index (χ4n) is 3.20. The van der Waals surface area contributed by atoms with E-state index in [9.17, 15) is 9.90 Å². The van der Waals surface area contributed by atoms with Gasteiger partial charge in [-0.25, -0.2) is 9.48 Å². The SMILES string of the molecule is Cn1nnnc1C1CCN(C(=O)O)C(Cc2ccccc2)C1. The number of carbonyl (C=O) groups is 1. The lowest BCUT2D eigenvalue weighted by molar-refractivity contribution is 0.0992. The Bertz CT molecular complexity index is 642. The molecule has 7 heteroatoms. The van der Waals surface area contributed by atoms with Gasteiger partial charge in [-0.15, -0.1) is 5.10 Å². The van der Waals surface area contributed by atoms with Crippen molar-refractivity contribution in [1.82, 2.24) is 25.1 Å². The van der Waals surface area contributed by atoms with Crippen LogP contribution in [0.1, 0.15) is 30.1 Å². The van der Waals surface area contributed by atoms with Gasteiger partial charge in [-0.05, 0) is 35.3 Å². The summed E-state index contributed by atoms with van der Waals surface area (Å²) in [4.78, 5) is 13.0. The van der Waals surface area contributed by atoms with Crippen LogP contribution < -0.4 is 0 Å². The number of likely N-dealkylation sites (tertiary alicyclic amines) is 1. The molecular formula is C15H19N5O2. The maximum Gasteiger partial charge on any atom is 0.407 e. The number of hydrogen-bond donors (Lipinski definition) is 1. The lowest BCUT2D eigenvalue weighted by Gasteiger charge is -2.37. The van der Waals surface area contributed by atoms with Gasteiger partial charge >= 0.3 is 6.09 Å². The molecule has 0 saturated carbocycles. The normalized spacial score (nSPS) is 21.8. The second kappa shape index (κ2) is 6.13. The standard InChI is InChI=1S/C15H19N5O2/c1-19-14(16-17-18-19)12-7-8-20(15(21)22)13(10-12)9-11-5-3-2-4-6-11/h2-6,12-13H,7-10H2,1H3,(H,21,22). The van der Waals surface area contributed by atoms with Crippen LogP contribution in [0.2, 0.25) is 0 Å². The summed E-state index contributed by atoms with van der Waals surface area (Å²) in [6.45, 7) is 0.518. The van der Waals surface area contributed by atoms with E-state index in [2.05, 4.69) is 15.5 Å². The topological polar surface area (TPSA) is 84.1 Å². The number of tetrazole rings is 1. The van der Waals surface area contributed by atoms with Crippen LogP contribution in [0.25, 0.3) is 0 Å². The molecule has 2 heterocycles. The van der Waals surface area contributed by atoms with Crippen LogP contribution in [0, 0.1) is 0 Å². The summed E-state index contributed by atoms with van der Waals surface area (Å²) in [7, 11) is 1.82. The number of benzene rings is 1. The molecule has 1 fully saturated rings. The van der Waals surface area contributed by atoms with Crippen molar-refractivity contribution in [1.29, 1.82) is 0 Å². The Labute approximate surface area is 128 Å². The first-order valence-corrected chi connectivity index (χ1v) is 7.41. The van der Waals surface area contributed by atoms with Crippen LogP contribution in [0.3, 0.4) is 0 Å². The Morgan fingerprint density at radius 2 is 2.14 bits per heavy atom. The third kappa shape index (κ3) is 2.93. The molecule has 0 spiro atoms. The Hall–Kier alpha value is -2.44. The summed E-state index contributed by atoms with van der Waals surface area (Å²) in [5.41, 5.74) is 1.15. The first kappa shape index (κ1) is 14.5. The van der Waals surface area contributed by atoms with E-state index < -0.39 is 6.09 Å². The van der Waals surface area contributed by atoms with Crippen LogP contribution in [-0.4, -0.2) is 48.9 Å². The number of piperidine rings is 1. The number of aromatic nitrogens is 4. The zero-order valence-corrected chi connectivity index (χ0v) is 12.5. The number of rotatable bonds is 3. The number of aryl methyl sites for hydroxylation is 1. The van der Waals surface area contributed by atoms with E-state index in [1.54, 1.807) is 9.58 Å². The lowest BCUT2D eigenvalue weighted by Crippen LogP contribution is -2.46. The van der Waals surface area contributed by atoms with Gasteiger partial charge in [-0.1, -0.05) is 30.3 Å². The average molecular weight is 301 g/mol. The van der Waals surface area contributed by atoms with Crippen LogP contribution >= 0.6 is 0 Å². The van der Waals surface area contributed by atoms with E-state index in [-0.39, 0.29) is 12.0 Å². The zero-order valence-electron chi connectivity index (χ0n) is 12.5. The van der Waals surface area contributed by atoms with E-state index in [0.717, 1.165) is 30.7 Å². The van der Waals surface area contributed by atoms with Crippen molar-refractivity contribution in [3.05, 3.63) is 41.7 Å². The van der Waals surface area contributed by atoms with Crippen molar-refractivity contribution in [2.24, 2.45) is 7.05 Å². The Morgan fingerprint density at radius 3 is 2.77 bits per heavy atom. The van der Waals surface area contributed by atoms with Gasteiger partial charge in [-0.3, -0.25) is 0 Å². The molecule has 1 aromatic carbocycles. The molecule has 7 nitrogen and oxygen atoms in total. The molecule has 2 unspecified atom stereocenters. The molecular weight excluding hydrogens is 282 g/mol. The predicted molar refractivity (Wildman–Crippen MR) is 79.4 cm³/mol. The zero-order chi connectivity index (χ0) is 15.5. The molecule has 0 aliphatic carbocycles. The van der Waals surface area contributed by atoms with Gasteiger partial charge in [-0.2, -0.15) is 0 Å². The highest BCUT2D eigenvalue weighted by Crippen LogP contribution is 2.31.